The van der Waals surface area contributed by atoms with E-state index in [1.54, 1.807) is 23.1 Å². The highest BCUT2D eigenvalue weighted by Gasteiger charge is 2.30. The minimum absolute atomic E-state index is 0.151. The quantitative estimate of drug-likeness (QED) is 0.647. The van der Waals surface area contributed by atoms with Gasteiger partial charge in [-0.3, -0.25) is 0 Å². The normalized spacial score (nSPS) is 15.3. The lowest BCUT2D eigenvalue weighted by atomic mass is 10.1. The Bertz CT molecular complexity index is 852. The van der Waals surface area contributed by atoms with Crippen molar-refractivity contribution in [1.82, 2.24) is 10.2 Å². The van der Waals surface area contributed by atoms with Gasteiger partial charge < -0.3 is 15.0 Å². The van der Waals surface area contributed by atoms with Crippen LogP contribution < -0.4 is 10.1 Å². The second-order valence-corrected chi connectivity index (χ2v) is 7.56. The number of hydrogen-bond acceptors (Lipinski definition) is 2. The van der Waals surface area contributed by atoms with E-state index in [2.05, 4.69) is 5.32 Å². The summed E-state index contributed by atoms with van der Waals surface area (Å²) in [6, 6.07) is 9.52. The number of hydrogen-bond donors (Lipinski definition) is 1. The molecule has 4 nitrogen and oxygen atoms in total. The van der Waals surface area contributed by atoms with Gasteiger partial charge in [-0.25, -0.2) is 4.79 Å². The molecule has 1 saturated heterocycles. The first kappa shape index (κ1) is 21.6. The molecule has 0 unspecified atom stereocenters. The molecule has 1 fully saturated rings. The molecular formula is C20H19Cl2F3N2O2. The van der Waals surface area contributed by atoms with Crippen LogP contribution in [0.2, 0.25) is 10.0 Å². The fourth-order valence-corrected chi connectivity index (χ4v) is 3.51. The fraction of sp³-hybridized carbons (Fsp3) is 0.350. The molecule has 0 aliphatic carbocycles. The second kappa shape index (κ2) is 9.13. The summed E-state index contributed by atoms with van der Waals surface area (Å²) in [6.45, 7) is 1.27. The van der Waals surface area contributed by atoms with Gasteiger partial charge in [-0.2, -0.15) is 13.2 Å². The Labute approximate surface area is 176 Å². The predicted octanol–water partition coefficient (Wildman–Crippen LogP) is 5.77. The van der Waals surface area contributed by atoms with Gasteiger partial charge in [0.25, 0.3) is 0 Å². The number of urea groups is 1. The predicted molar refractivity (Wildman–Crippen MR) is 105 cm³/mol. The van der Waals surface area contributed by atoms with E-state index in [-0.39, 0.29) is 18.7 Å². The zero-order valence-electron chi connectivity index (χ0n) is 15.3. The van der Waals surface area contributed by atoms with Crippen LogP contribution in [-0.4, -0.2) is 30.1 Å². The maximum absolute atomic E-state index is 12.6. The molecule has 1 heterocycles. The van der Waals surface area contributed by atoms with Crippen molar-refractivity contribution < 1.29 is 22.7 Å². The number of piperidine rings is 1. The lowest BCUT2D eigenvalue weighted by Gasteiger charge is -2.32. The molecule has 9 heteroatoms. The van der Waals surface area contributed by atoms with Gasteiger partial charge in [0.2, 0.25) is 0 Å². The number of nitrogens with zero attached hydrogens (tertiary/aromatic N) is 1. The van der Waals surface area contributed by atoms with Gasteiger partial charge in [0.15, 0.2) is 0 Å². The first-order valence-electron chi connectivity index (χ1n) is 9.03. The average molecular weight is 447 g/mol. The van der Waals surface area contributed by atoms with E-state index in [1.165, 1.54) is 12.1 Å². The van der Waals surface area contributed by atoms with E-state index >= 15 is 0 Å². The zero-order valence-corrected chi connectivity index (χ0v) is 16.8. The van der Waals surface area contributed by atoms with E-state index in [1.807, 2.05) is 0 Å². The molecule has 0 atom stereocenters. The van der Waals surface area contributed by atoms with Crippen LogP contribution in [0.4, 0.5) is 18.0 Å². The van der Waals surface area contributed by atoms with Gasteiger partial charge in [-0.1, -0.05) is 29.3 Å². The third kappa shape index (κ3) is 5.93. The third-order valence-electron chi connectivity index (χ3n) is 4.66. The first-order chi connectivity index (χ1) is 13.7. The molecule has 2 aromatic carbocycles. The number of benzene rings is 2. The largest absolute Gasteiger partial charge is 0.490 e. The average Bonchev–Trinajstić information content (AvgIpc) is 2.67. The van der Waals surface area contributed by atoms with E-state index < -0.39 is 11.7 Å². The maximum atomic E-state index is 12.6. The molecule has 1 aliphatic heterocycles. The summed E-state index contributed by atoms with van der Waals surface area (Å²) in [7, 11) is 0. The van der Waals surface area contributed by atoms with Crippen LogP contribution in [0.5, 0.6) is 5.75 Å². The number of halogens is 5. The van der Waals surface area contributed by atoms with E-state index in [9.17, 15) is 18.0 Å². The molecule has 0 radical (unpaired) electrons. The van der Waals surface area contributed by atoms with E-state index in [0.717, 1.165) is 17.7 Å². The van der Waals surface area contributed by atoms with Crippen molar-refractivity contribution in [2.75, 3.05) is 13.1 Å². The minimum atomic E-state index is -4.37. The van der Waals surface area contributed by atoms with Gasteiger partial charge in [0.05, 0.1) is 5.56 Å². The Balaban J connectivity index is 1.45. The summed E-state index contributed by atoms with van der Waals surface area (Å²) in [5.74, 6) is 0.387. The van der Waals surface area contributed by atoms with Crippen LogP contribution in [0.1, 0.15) is 24.0 Å². The fourth-order valence-electron chi connectivity index (χ4n) is 3.04. The van der Waals surface area contributed by atoms with Crippen LogP contribution >= 0.6 is 23.2 Å². The molecule has 0 saturated carbocycles. The minimum Gasteiger partial charge on any atom is -0.490 e. The molecule has 1 aliphatic rings. The van der Waals surface area contributed by atoms with Crippen molar-refractivity contribution in [3.8, 4) is 5.75 Å². The summed E-state index contributed by atoms with van der Waals surface area (Å²) < 4.78 is 43.6. The molecule has 2 aromatic rings. The maximum Gasteiger partial charge on any atom is 0.416 e. The lowest BCUT2D eigenvalue weighted by molar-refractivity contribution is -0.137. The van der Waals surface area contributed by atoms with Gasteiger partial charge in [-0.05, 0) is 42.0 Å². The van der Waals surface area contributed by atoms with E-state index in [0.29, 0.717) is 41.7 Å². The molecule has 0 bridgehead atoms. The first-order valence-corrected chi connectivity index (χ1v) is 9.78. The van der Waals surface area contributed by atoms with Crippen molar-refractivity contribution in [2.45, 2.75) is 31.7 Å². The Morgan fingerprint density at radius 1 is 1.10 bits per heavy atom. The van der Waals surface area contributed by atoms with Crippen LogP contribution in [0, 0.1) is 0 Å². The van der Waals surface area contributed by atoms with Crippen molar-refractivity contribution in [3.05, 3.63) is 63.6 Å². The molecule has 2 amide bonds. The summed E-state index contributed by atoms with van der Waals surface area (Å²) in [6.07, 6.45) is -3.33. The Hall–Kier alpha value is -2.12. The Kier molecular flexibility index (Phi) is 6.80. The number of rotatable bonds is 4. The molecule has 156 valence electrons. The Morgan fingerprint density at radius 3 is 2.34 bits per heavy atom. The topological polar surface area (TPSA) is 41.6 Å². The molecular weight excluding hydrogens is 428 g/mol. The SMILES string of the molecule is O=C(NCc1ccc(Cl)cc1Cl)N1CCC(Oc2ccc(C(F)(F)F)cc2)CC1. The van der Waals surface area contributed by atoms with Crippen molar-refractivity contribution in [1.29, 1.82) is 0 Å². The number of alkyl halides is 3. The second-order valence-electron chi connectivity index (χ2n) is 6.72. The van der Waals surface area contributed by atoms with E-state index in [4.69, 9.17) is 27.9 Å². The number of carbonyl (C=O) groups excluding carboxylic acids is 1. The highest BCUT2D eigenvalue weighted by molar-refractivity contribution is 6.35. The highest BCUT2D eigenvalue weighted by Crippen LogP contribution is 2.31. The number of amides is 2. The van der Waals surface area contributed by atoms with Crippen molar-refractivity contribution in [3.63, 3.8) is 0 Å². The van der Waals surface area contributed by atoms with Gasteiger partial charge in [0.1, 0.15) is 11.9 Å². The van der Waals surface area contributed by atoms with Gasteiger partial charge in [0, 0.05) is 42.5 Å². The molecule has 3 rings (SSSR count). The molecule has 1 N–H and O–H groups in total. The van der Waals surface area contributed by atoms with Crippen LogP contribution in [0.25, 0.3) is 0 Å². The van der Waals surface area contributed by atoms with Crippen LogP contribution in [-0.2, 0) is 12.7 Å². The summed E-state index contributed by atoms with van der Waals surface area (Å²) in [4.78, 5) is 14.0. The van der Waals surface area contributed by atoms with Crippen molar-refractivity contribution in [2.24, 2.45) is 0 Å². The Morgan fingerprint density at radius 2 is 1.76 bits per heavy atom. The van der Waals surface area contributed by atoms with Gasteiger partial charge >= 0.3 is 12.2 Å². The van der Waals surface area contributed by atoms with Gasteiger partial charge in [-0.15, -0.1) is 0 Å². The number of ether oxygens (including phenoxy) is 1. The summed E-state index contributed by atoms with van der Waals surface area (Å²) >= 11 is 12.0. The third-order valence-corrected chi connectivity index (χ3v) is 5.25. The number of carbonyl (C=O) groups is 1. The number of nitrogens with one attached hydrogen (secondary N) is 1. The zero-order chi connectivity index (χ0) is 21.0. The van der Waals surface area contributed by atoms with Crippen LogP contribution in [0.3, 0.4) is 0 Å². The summed E-state index contributed by atoms with van der Waals surface area (Å²) in [5, 5.41) is 3.84. The lowest BCUT2D eigenvalue weighted by Crippen LogP contribution is -2.46. The van der Waals surface area contributed by atoms with Crippen LogP contribution in [0.15, 0.2) is 42.5 Å². The monoisotopic (exact) mass is 446 g/mol. The summed E-state index contributed by atoms with van der Waals surface area (Å²) in [5.41, 5.74) is 0.0575. The standard InChI is InChI=1S/C20H19Cl2F3N2O2/c21-15-4-1-13(18(22)11-15)12-26-19(28)27-9-7-17(8-10-27)29-16-5-2-14(3-6-16)20(23,24)25/h1-6,11,17H,7-10,12H2,(H,26,28). The smallest absolute Gasteiger partial charge is 0.416 e. The van der Waals surface area contributed by atoms with Crippen molar-refractivity contribution >= 4 is 29.2 Å². The number of likely N-dealkylation sites (tertiary alicyclic amines) is 1. The molecule has 0 aromatic heterocycles. The molecule has 0 spiro atoms. The molecule has 29 heavy (non-hydrogen) atoms. The highest BCUT2D eigenvalue weighted by atomic mass is 35.5.